The second kappa shape index (κ2) is 4.05. The van der Waals surface area contributed by atoms with Crippen LogP contribution in [-0.4, -0.2) is 15.0 Å². The zero-order chi connectivity index (χ0) is 13.7. The number of nitrogens with one attached hydrogen (secondary N) is 2. The number of pyridine rings is 1. The summed E-state index contributed by atoms with van der Waals surface area (Å²) in [6.45, 7) is 2.07. The molecule has 0 unspecified atom stereocenters. The van der Waals surface area contributed by atoms with Gasteiger partial charge in [-0.15, -0.1) is 11.3 Å². The van der Waals surface area contributed by atoms with Gasteiger partial charge in [-0.05, 0) is 42.1 Å². The molecule has 5 heteroatoms. The minimum Gasteiger partial charge on any atom is -0.337 e. The van der Waals surface area contributed by atoms with Crippen molar-refractivity contribution in [1.29, 1.82) is 0 Å². The monoisotopic (exact) mass is 281 g/mol. The van der Waals surface area contributed by atoms with Crippen LogP contribution in [0.15, 0.2) is 40.5 Å². The van der Waals surface area contributed by atoms with Crippen molar-refractivity contribution < 1.29 is 0 Å². The summed E-state index contributed by atoms with van der Waals surface area (Å²) >= 11 is 1.67. The fraction of sp³-hybridized carbons (Fsp3) is 0.0667. The maximum absolute atomic E-state index is 11.4. The van der Waals surface area contributed by atoms with Gasteiger partial charge in [0, 0.05) is 11.5 Å². The van der Waals surface area contributed by atoms with Crippen LogP contribution in [0.4, 0.5) is 0 Å². The molecule has 0 radical (unpaired) electrons. The van der Waals surface area contributed by atoms with E-state index in [1.165, 1.54) is 11.6 Å². The van der Waals surface area contributed by atoms with Crippen LogP contribution in [0.2, 0.25) is 0 Å². The zero-order valence-corrected chi connectivity index (χ0v) is 11.5. The molecule has 3 heterocycles. The first kappa shape index (κ1) is 11.4. The Balaban J connectivity index is 1.98. The number of rotatable bonds is 1. The standard InChI is InChI=1S/C15H11N3OS/c1-8-4-13(20-7-8)15-17-11-5-9-2-3-14(19)16-10(9)6-12(11)18-15/h2-7H,1H3,(H,16,19)(H,17,18). The Hall–Kier alpha value is -2.40. The van der Waals surface area contributed by atoms with Gasteiger partial charge in [0.1, 0.15) is 5.82 Å². The third-order valence-electron chi connectivity index (χ3n) is 3.29. The molecule has 4 aromatic rings. The Labute approximate surface area is 118 Å². The molecule has 0 aliphatic rings. The van der Waals surface area contributed by atoms with Gasteiger partial charge in [-0.25, -0.2) is 4.98 Å². The molecule has 3 aromatic heterocycles. The summed E-state index contributed by atoms with van der Waals surface area (Å²) in [5, 5.41) is 3.09. The number of thiophene rings is 1. The van der Waals surface area contributed by atoms with Crippen molar-refractivity contribution in [2.24, 2.45) is 0 Å². The predicted molar refractivity (Wildman–Crippen MR) is 82.3 cm³/mol. The third kappa shape index (κ3) is 1.75. The smallest absolute Gasteiger partial charge is 0.248 e. The van der Waals surface area contributed by atoms with Crippen LogP contribution in [0.3, 0.4) is 0 Å². The summed E-state index contributed by atoms with van der Waals surface area (Å²) in [5.74, 6) is 0.871. The number of hydrogen-bond donors (Lipinski definition) is 2. The van der Waals surface area contributed by atoms with Gasteiger partial charge in [-0.3, -0.25) is 4.79 Å². The third-order valence-corrected chi connectivity index (χ3v) is 4.34. The fourth-order valence-corrected chi connectivity index (χ4v) is 3.17. The van der Waals surface area contributed by atoms with Gasteiger partial charge in [0.25, 0.3) is 0 Å². The summed E-state index contributed by atoms with van der Waals surface area (Å²) < 4.78 is 0. The van der Waals surface area contributed by atoms with Gasteiger partial charge >= 0.3 is 0 Å². The van der Waals surface area contributed by atoms with Crippen molar-refractivity contribution in [2.75, 3.05) is 0 Å². The Kier molecular flexibility index (Phi) is 2.31. The van der Waals surface area contributed by atoms with Crippen LogP contribution < -0.4 is 5.56 Å². The molecular weight excluding hydrogens is 270 g/mol. The molecule has 98 valence electrons. The zero-order valence-electron chi connectivity index (χ0n) is 10.7. The van der Waals surface area contributed by atoms with Gasteiger partial charge in [0.2, 0.25) is 5.56 Å². The van der Waals surface area contributed by atoms with Gasteiger partial charge in [0.05, 0.1) is 21.4 Å². The molecule has 1 aromatic carbocycles. The van der Waals surface area contributed by atoms with Crippen LogP contribution in [-0.2, 0) is 0 Å². The van der Waals surface area contributed by atoms with Crippen LogP contribution in [0.1, 0.15) is 5.56 Å². The molecule has 0 atom stereocenters. The van der Waals surface area contributed by atoms with E-state index in [0.29, 0.717) is 0 Å². The highest BCUT2D eigenvalue weighted by molar-refractivity contribution is 7.13. The van der Waals surface area contributed by atoms with E-state index < -0.39 is 0 Å². The van der Waals surface area contributed by atoms with Crippen LogP contribution in [0.5, 0.6) is 0 Å². The topological polar surface area (TPSA) is 61.5 Å². The van der Waals surface area contributed by atoms with Crippen molar-refractivity contribution >= 4 is 33.3 Å². The number of aryl methyl sites for hydroxylation is 1. The lowest BCUT2D eigenvalue weighted by Gasteiger charge is -1.96. The number of imidazole rings is 1. The van der Waals surface area contributed by atoms with E-state index in [1.807, 2.05) is 18.2 Å². The Bertz CT molecular complexity index is 993. The molecule has 0 aliphatic carbocycles. The lowest BCUT2D eigenvalue weighted by atomic mass is 10.2. The van der Waals surface area contributed by atoms with Crippen molar-refractivity contribution in [3.8, 4) is 10.7 Å². The normalized spacial score (nSPS) is 11.4. The first-order valence-corrected chi connectivity index (χ1v) is 7.15. The summed E-state index contributed by atoms with van der Waals surface area (Å²) in [4.78, 5) is 23.3. The molecular formula is C15H11N3OS. The largest absolute Gasteiger partial charge is 0.337 e. The summed E-state index contributed by atoms with van der Waals surface area (Å²) in [7, 11) is 0. The predicted octanol–water partition coefficient (Wildman–Crippen LogP) is 3.44. The number of H-pyrrole nitrogens is 2. The van der Waals surface area contributed by atoms with Crippen LogP contribution >= 0.6 is 11.3 Å². The number of benzene rings is 1. The molecule has 4 nitrogen and oxygen atoms in total. The van der Waals surface area contributed by atoms with Gasteiger partial charge in [0.15, 0.2) is 0 Å². The average molecular weight is 281 g/mol. The van der Waals surface area contributed by atoms with Crippen molar-refractivity contribution in [2.45, 2.75) is 6.92 Å². The number of fused-ring (bicyclic) bond motifs is 2. The number of hydrogen-bond acceptors (Lipinski definition) is 3. The average Bonchev–Trinajstić information content (AvgIpc) is 3.01. The minimum absolute atomic E-state index is 0.0922. The quantitative estimate of drug-likeness (QED) is 0.561. The maximum atomic E-state index is 11.4. The number of nitrogens with zero attached hydrogens (tertiary/aromatic N) is 1. The Morgan fingerprint density at radius 1 is 1.10 bits per heavy atom. The van der Waals surface area contributed by atoms with Crippen molar-refractivity contribution in [3.63, 3.8) is 0 Å². The highest BCUT2D eigenvalue weighted by Gasteiger charge is 2.08. The number of aromatic nitrogens is 3. The molecule has 2 N–H and O–H groups in total. The molecule has 0 saturated carbocycles. The molecule has 0 spiro atoms. The van der Waals surface area contributed by atoms with E-state index in [4.69, 9.17) is 0 Å². The van der Waals surface area contributed by atoms with E-state index in [-0.39, 0.29) is 5.56 Å². The van der Waals surface area contributed by atoms with E-state index in [2.05, 4.69) is 33.3 Å². The highest BCUT2D eigenvalue weighted by atomic mass is 32.1. The molecule has 0 fully saturated rings. The second-order valence-electron chi connectivity index (χ2n) is 4.85. The summed E-state index contributed by atoms with van der Waals surface area (Å²) in [5.41, 5.74) is 3.80. The van der Waals surface area contributed by atoms with E-state index in [9.17, 15) is 4.79 Å². The lowest BCUT2D eigenvalue weighted by molar-refractivity contribution is 1.31. The summed E-state index contributed by atoms with van der Waals surface area (Å²) in [6.07, 6.45) is 0. The van der Waals surface area contributed by atoms with Crippen molar-refractivity contribution in [1.82, 2.24) is 15.0 Å². The summed E-state index contributed by atoms with van der Waals surface area (Å²) in [6, 6.07) is 9.38. The van der Waals surface area contributed by atoms with Gasteiger partial charge < -0.3 is 9.97 Å². The minimum atomic E-state index is -0.0922. The number of aromatic amines is 2. The van der Waals surface area contributed by atoms with Crippen molar-refractivity contribution in [3.05, 3.63) is 51.6 Å². The van der Waals surface area contributed by atoms with Crippen LogP contribution in [0, 0.1) is 6.92 Å². The molecule has 4 rings (SSSR count). The molecule has 0 amide bonds. The first-order chi connectivity index (χ1) is 9.69. The lowest BCUT2D eigenvalue weighted by Crippen LogP contribution is -2.01. The van der Waals surface area contributed by atoms with Gasteiger partial charge in [-0.2, -0.15) is 0 Å². The first-order valence-electron chi connectivity index (χ1n) is 6.27. The molecule has 0 saturated heterocycles. The second-order valence-corrected chi connectivity index (χ2v) is 5.76. The molecule has 20 heavy (non-hydrogen) atoms. The van der Waals surface area contributed by atoms with E-state index in [0.717, 1.165) is 32.6 Å². The van der Waals surface area contributed by atoms with E-state index >= 15 is 0 Å². The molecule has 0 bridgehead atoms. The Morgan fingerprint density at radius 2 is 2.00 bits per heavy atom. The Morgan fingerprint density at radius 3 is 2.80 bits per heavy atom. The SMILES string of the molecule is Cc1csc(-c2nc3cc4ccc(=O)[nH]c4cc3[nH]2)c1. The fourth-order valence-electron chi connectivity index (χ4n) is 2.33. The van der Waals surface area contributed by atoms with Crippen LogP contribution in [0.25, 0.3) is 32.6 Å². The maximum Gasteiger partial charge on any atom is 0.248 e. The molecule has 0 aliphatic heterocycles. The van der Waals surface area contributed by atoms with E-state index in [1.54, 1.807) is 11.3 Å². The van der Waals surface area contributed by atoms with Gasteiger partial charge in [-0.1, -0.05) is 0 Å². The highest BCUT2D eigenvalue weighted by Crippen LogP contribution is 2.27.